The van der Waals surface area contributed by atoms with Crippen LogP contribution in [0.25, 0.3) is 10.9 Å². The van der Waals surface area contributed by atoms with Gasteiger partial charge in [-0.05, 0) is 31.4 Å². The lowest BCUT2D eigenvalue weighted by atomic mass is 9.87. The van der Waals surface area contributed by atoms with Gasteiger partial charge < -0.3 is 10.3 Å². The molecule has 3 heteroatoms. The highest BCUT2D eigenvalue weighted by atomic mass is 16.1. The number of fused-ring (bicyclic) bond motifs is 2. The summed E-state index contributed by atoms with van der Waals surface area (Å²) >= 11 is 0. The van der Waals surface area contributed by atoms with E-state index in [-0.39, 0.29) is 5.78 Å². The fourth-order valence-corrected chi connectivity index (χ4v) is 4.02. The lowest BCUT2D eigenvalue weighted by Crippen LogP contribution is -2.87. The number of H-pyrrole nitrogens is 1. The van der Waals surface area contributed by atoms with Crippen molar-refractivity contribution in [2.75, 3.05) is 6.54 Å². The topological polar surface area (TPSA) is 49.5 Å². The molecule has 1 aliphatic rings. The Morgan fingerprint density at radius 3 is 2.88 bits per heavy atom. The molecule has 0 spiro atoms. The Morgan fingerprint density at radius 2 is 1.96 bits per heavy atom. The monoisotopic (exact) mass is 319 g/mol. The van der Waals surface area contributed by atoms with E-state index in [2.05, 4.69) is 34.6 Å². The molecule has 3 nitrogen and oxygen atoms in total. The Balaban J connectivity index is 1.54. The Hall–Kier alpha value is -2.39. The first-order chi connectivity index (χ1) is 11.7. The number of quaternary nitrogens is 1. The molecule has 4 rings (SSSR count). The molecule has 3 N–H and O–H groups in total. The maximum Gasteiger partial charge on any atom is 0.219 e. The van der Waals surface area contributed by atoms with Crippen LogP contribution in [0.2, 0.25) is 0 Å². The summed E-state index contributed by atoms with van der Waals surface area (Å²) in [4.78, 5) is 16.2. The molecule has 1 aromatic heterocycles. The fraction of sp³-hybridized carbons (Fsp3) is 0.286. The smallest absolute Gasteiger partial charge is 0.219 e. The van der Waals surface area contributed by atoms with Crippen molar-refractivity contribution in [2.24, 2.45) is 0 Å². The number of aromatic nitrogens is 1. The van der Waals surface area contributed by atoms with Gasteiger partial charge in [-0.3, -0.25) is 4.79 Å². The van der Waals surface area contributed by atoms with Gasteiger partial charge in [0.15, 0.2) is 0 Å². The zero-order valence-electron chi connectivity index (χ0n) is 14.0. The van der Waals surface area contributed by atoms with Gasteiger partial charge in [0.2, 0.25) is 5.78 Å². The number of rotatable bonds is 4. The van der Waals surface area contributed by atoms with Gasteiger partial charge in [-0.2, -0.15) is 0 Å². The summed E-state index contributed by atoms with van der Waals surface area (Å²) in [6.45, 7) is 2.49. The molecule has 122 valence electrons. The summed E-state index contributed by atoms with van der Waals surface area (Å²) in [6.07, 6.45) is 3.52. The molecule has 0 saturated heterocycles. The van der Waals surface area contributed by atoms with Crippen molar-refractivity contribution in [2.45, 2.75) is 32.2 Å². The number of aryl methyl sites for hydroxylation is 2. The number of benzene rings is 2. The second-order valence-corrected chi connectivity index (χ2v) is 6.73. The first kappa shape index (κ1) is 15.2. The number of ketones is 1. The van der Waals surface area contributed by atoms with Gasteiger partial charge in [0.1, 0.15) is 12.6 Å². The minimum atomic E-state index is 0.216. The van der Waals surface area contributed by atoms with Crippen molar-refractivity contribution in [3.63, 3.8) is 0 Å². The number of hydrogen-bond acceptors (Lipinski definition) is 1. The van der Waals surface area contributed by atoms with Crippen LogP contribution >= 0.6 is 0 Å². The third-order valence-corrected chi connectivity index (χ3v) is 5.18. The van der Waals surface area contributed by atoms with E-state index in [0.717, 1.165) is 35.0 Å². The minimum Gasteiger partial charge on any atom is -0.358 e. The van der Waals surface area contributed by atoms with E-state index in [4.69, 9.17) is 0 Å². The minimum absolute atomic E-state index is 0.216. The highest BCUT2D eigenvalue weighted by molar-refractivity contribution is 6.09. The number of para-hydroxylation sites is 1. The van der Waals surface area contributed by atoms with Gasteiger partial charge in [-0.25, -0.2) is 0 Å². The molecule has 2 aromatic carbocycles. The van der Waals surface area contributed by atoms with E-state index in [1.807, 2.05) is 31.2 Å². The summed E-state index contributed by atoms with van der Waals surface area (Å²) in [5.41, 5.74) is 5.72. The maximum atomic E-state index is 12.8. The fourth-order valence-electron chi connectivity index (χ4n) is 4.02. The van der Waals surface area contributed by atoms with Gasteiger partial charge in [-0.1, -0.05) is 42.5 Å². The summed E-state index contributed by atoms with van der Waals surface area (Å²) < 4.78 is 0. The van der Waals surface area contributed by atoms with Gasteiger partial charge in [-0.15, -0.1) is 0 Å². The summed E-state index contributed by atoms with van der Waals surface area (Å²) in [7, 11) is 0. The Bertz CT molecular complexity index is 894. The third kappa shape index (κ3) is 2.65. The summed E-state index contributed by atoms with van der Waals surface area (Å²) in [5.74, 6) is 0.216. The molecule has 0 unspecified atom stereocenters. The highest BCUT2D eigenvalue weighted by Crippen LogP contribution is 2.27. The maximum absolute atomic E-state index is 12.8. The standard InChI is InChI=1S/C21H22N2O/c1-14-21(17-10-4-5-11-19(17)23-14)20(24)13-22-18-12-6-8-15-7-2-3-9-16(15)18/h2-5,7,9-11,18,22-23H,6,8,12-13H2,1H3/p+1/t18-/m1/s1. The zero-order valence-corrected chi connectivity index (χ0v) is 14.0. The van der Waals surface area contributed by atoms with Crippen molar-refractivity contribution >= 4 is 16.7 Å². The Labute approximate surface area is 142 Å². The van der Waals surface area contributed by atoms with E-state index in [1.54, 1.807) is 0 Å². The molecular weight excluding hydrogens is 296 g/mol. The van der Waals surface area contributed by atoms with Gasteiger partial charge >= 0.3 is 0 Å². The van der Waals surface area contributed by atoms with Gasteiger partial charge in [0.25, 0.3) is 0 Å². The van der Waals surface area contributed by atoms with Crippen molar-refractivity contribution in [1.82, 2.24) is 4.98 Å². The number of nitrogens with two attached hydrogens (primary N) is 1. The Kier molecular flexibility index (Phi) is 3.95. The van der Waals surface area contributed by atoms with Crippen LogP contribution in [0.3, 0.4) is 0 Å². The van der Waals surface area contributed by atoms with Crippen LogP contribution in [-0.4, -0.2) is 17.3 Å². The molecule has 0 bridgehead atoms. The zero-order chi connectivity index (χ0) is 16.5. The SMILES string of the molecule is Cc1[nH]c2ccccc2c1C(=O)C[NH2+][C@@H]1CCCc2ccccc21. The quantitative estimate of drug-likeness (QED) is 0.712. The van der Waals surface area contributed by atoms with E-state index in [9.17, 15) is 4.79 Å². The first-order valence-corrected chi connectivity index (χ1v) is 8.75. The molecule has 1 heterocycles. The van der Waals surface area contributed by atoms with Crippen LogP contribution in [0.15, 0.2) is 48.5 Å². The number of carbonyl (C=O) groups is 1. The Morgan fingerprint density at radius 1 is 1.17 bits per heavy atom. The van der Waals surface area contributed by atoms with E-state index in [0.29, 0.717) is 12.6 Å². The molecule has 0 aliphatic heterocycles. The third-order valence-electron chi connectivity index (χ3n) is 5.18. The molecule has 0 radical (unpaired) electrons. The highest BCUT2D eigenvalue weighted by Gasteiger charge is 2.24. The van der Waals surface area contributed by atoms with Crippen LogP contribution in [-0.2, 0) is 6.42 Å². The lowest BCUT2D eigenvalue weighted by molar-refractivity contribution is -0.686. The van der Waals surface area contributed by atoms with Crippen LogP contribution in [0.4, 0.5) is 0 Å². The number of nitrogens with one attached hydrogen (secondary N) is 1. The van der Waals surface area contributed by atoms with Crippen molar-refractivity contribution < 1.29 is 10.1 Å². The number of carbonyl (C=O) groups excluding carboxylic acids is 1. The van der Waals surface area contributed by atoms with Crippen LogP contribution in [0.5, 0.6) is 0 Å². The van der Waals surface area contributed by atoms with Crippen molar-refractivity contribution in [3.8, 4) is 0 Å². The second kappa shape index (κ2) is 6.25. The number of hydrogen-bond donors (Lipinski definition) is 2. The number of Topliss-reactive ketones (excluding diaryl/α,β-unsaturated/α-hetero) is 1. The molecule has 0 amide bonds. The number of aromatic amines is 1. The average molecular weight is 319 g/mol. The molecule has 24 heavy (non-hydrogen) atoms. The first-order valence-electron chi connectivity index (χ1n) is 8.75. The predicted octanol–water partition coefficient (Wildman–Crippen LogP) is 3.30. The second-order valence-electron chi connectivity index (χ2n) is 6.73. The van der Waals surface area contributed by atoms with E-state index < -0.39 is 0 Å². The summed E-state index contributed by atoms with van der Waals surface area (Å²) in [6, 6.07) is 17.1. The molecule has 1 aliphatic carbocycles. The van der Waals surface area contributed by atoms with Gasteiger partial charge in [0, 0.05) is 28.6 Å². The largest absolute Gasteiger partial charge is 0.358 e. The molecular formula is C21H23N2O+. The lowest BCUT2D eigenvalue weighted by Gasteiger charge is -2.23. The van der Waals surface area contributed by atoms with E-state index in [1.165, 1.54) is 17.5 Å². The van der Waals surface area contributed by atoms with Crippen LogP contribution in [0, 0.1) is 6.92 Å². The summed E-state index contributed by atoms with van der Waals surface area (Å²) in [5, 5.41) is 3.26. The predicted molar refractivity (Wildman–Crippen MR) is 96.3 cm³/mol. The van der Waals surface area contributed by atoms with Crippen LogP contribution in [0.1, 0.15) is 46.1 Å². The van der Waals surface area contributed by atoms with Crippen LogP contribution < -0.4 is 5.32 Å². The average Bonchev–Trinajstić information content (AvgIpc) is 2.95. The van der Waals surface area contributed by atoms with Crippen molar-refractivity contribution in [3.05, 3.63) is 70.9 Å². The molecule has 0 saturated carbocycles. The van der Waals surface area contributed by atoms with Crippen molar-refractivity contribution in [1.29, 1.82) is 0 Å². The molecule has 1 atom stereocenters. The molecule has 0 fully saturated rings. The molecule has 3 aromatic rings. The van der Waals surface area contributed by atoms with Gasteiger partial charge in [0.05, 0.1) is 5.56 Å². The van der Waals surface area contributed by atoms with E-state index >= 15 is 0 Å². The normalized spacial score (nSPS) is 17.0.